The summed E-state index contributed by atoms with van der Waals surface area (Å²) in [5.74, 6) is -2.28. The number of imide groups is 1. The van der Waals surface area contributed by atoms with Crippen molar-refractivity contribution in [1.82, 2.24) is 0 Å². The van der Waals surface area contributed by atoms with E-state index in [0.29, 0.717) is 27.5 Å². The molecule has 0 radical (unpaired) electrons. The third-order valence-electron chi connectivity index (χ3n) is 5.89. The molecular weight excluding hydrogens is 520 g/mol. The Hall–Kier alpha value is -4.76. The van der Waals surface area contributed by atoms with E-state index in [-0.39, 0.29) is 10.6 Å². The molecule has 9 heteroatoms. The highest BCUT2D eigenvalue weighted by atomic mass is 32.2. The van der Waals surface area contributed by atoms with Gasteiger partial charge in [-0.05, 0) is 91.9 Å². The molecule has 1 heterocycles. The van der Waals surface area contributed by atoms with Crippen LogP contribution in [0.25, 0.3) is 0 Å². The number of halogens is 2. The van der Waals surface area contributed by atoms with Crippen LogP contribution in [-0.2, 0) is 9.59 Å². The molecule has 4 aromatic rings. The maximum Gasteiger partial charge on any atom is 0.283 e. The molecule has 0 saturated carbocycles. The lowest BCUT2D eigenvalue weighted by Crippen LogP contribution is -2.32. The van der Waals surface area contributed by atoms with Gasteiger partial charge in [-0.1, -0.05) is 29.5 Å². The predicted octanol–water partition coefficient (Wildman–Crippen LogP) is 6.51. The summed E-state index contributed by atoms with van der Waals surface area (Å²) in [6, 6.07) is 24.4. The minimum atomic E-state index is -0.529. The first-order valence-corrected chi connectivity index (χ1v) is 12.7. The lowest BCUT2D eigenvalue weighted by molar-refractivity contribution is -0.120. The first kappa shape index (κ1) is 25.9. The molecule has 0 bridgehead atoms. The number of carbonyl (C=O) groups is 3. The zero-order valence-corrected chi connectivity index (χ0v) is 21.4. The zero-order chi connectivity index (χ0) is 27.5. The standard InChI is InChI=1S/C30H21F2N3O3S/c1-18-2-14-24(15-3-18)35-29(37)26(33-22-10-8-21(32)9-11-22)27(30(35)38)39-25-16-12-23(13-17-25)34-28(36)19-4-6-20(31)7-5-19/h2-17,33H,1H3,(H,34,36). The number of rotatable bonds is 7. The highest BCUT2D eigenvalue weighted by molar-refractivity contribution is 8.04. The quantitative estimate of drug-likeness (QED) is 0.261. The summed E-state index contributed by atoms with van der Waals surface area (Å²) in [7, 11) is 0. The highest BCUT2D eigenvalue weighted by Gasteiger charge is 2.40. The predicted molar refractivity (Wildman–Crippen MR) is 147 cm³/mol. The largest absolute Gasteiger partial charge is 0.350 e. The number of nitrogens with zero attached hydrogens (tertiary/aromatic N) is 1. The molecule has 0 atom stereocenters. The number of nitrogens with one attached hydrogen (secondary N) is 2. The number of anilines is 3. The highest BCUT2D eigenvalue weighted by Crippen LogP contribution is 2.38. The van der Waals surface area contributed by atoms with Crippen molar-refractivity contribution >= 4 is 46.5 Å². The molecule has 0 saturated heterocycles. The van der Waals surface area contributed by atoms with Gasteiger partial charge in [-0.25, -0.2) is 13.7 Å². The minimum absolute atomic E-state index is 0.0749. The third-order valence-corrected chi connectivity index (χ3v) is 6.98. The van der Waals surface area contributed by atoms with Crippen molar-refractivity contribution in [2.24, 2.45) is 0 Å². The van der Waals surface area contributed by atoms with Crippen LogP contribution in [0, 0.1) is 18.6 Å². The Balaban J connectivity index is 1.40. The van der Waals surface area contributed by atoms with Gasteiger partial charge in [-0.2, -0.15) is 0 Å². The number of hydrogen-bond acceptors (Lipinski definition) is 5. The van der Waals surface area contributed by atoms with Crippen molar-refractivity contribution in [3.63, 3.8) is 0 Å². The molecule has 3 amide bonds. The van der Waals surface area contributed by atoms with Crippen LogP contribution in [0.1, 0.15) is 15.9 Å². The Morgan fingerprint density at radius 2 is 1.28 bits per heavy atom. The summed E-state index contributed by atoms with van der Waals surface area (Å²) in [6.45, 7) is 1.91. The fraction of sp³-hybridized carbons (Fsp3) is 0.0333. The van der Waals surface area contributed by atoms with E-state index in [2.05, 4.69) is 10.6 Å². The monoisotopic (exact) mass is 541 g/mol. The molecule has 4 aromatic carbocycles. The fourth-order valence-corrected chi connectivity index (χ4v) is 4.78. The van der Waals surface area contributed by atoms with Crippen LogP contribution >= 0.6 is 11.8 Å². The molecule has 0 spiro atoms. The number of amides is 3. The molecule has 1 aliphatic rings. The van der Waals surface area contributed by atoms with Crippen LogP contribution in [0.3, 0.4) is 0 Å². The van der Waals surface area contributed by atoms with Crippen LogP contribution in [0.4, 0.5) is 25.8 Å². The molecule has 2 N–H and O–H groups in total. The molecule has 0 aliphatic carbocycles. The first-order chi connectivity index (χ1) is 18.8. The smallest absolute Gasteiger partial charge is 0.283 e. The van der Waals surface area contributed by atoms with Crippen molar-refractivity contribution in [1.29, 1.82) is 0 Å². The van der Waals surface area contributed by atoms with Gasteiger partial charge in [0.05, 0.1) is 5.69 Å². The maximum atomic E-state index is 13.5. The Labute approximate surface area is 227 Å². The Bertz CT molecular complexity index is 1590. The van der Waals surface area contributed by atoms with Crippen LogP contribution < -0.4 is 15.5 Å². The van der Waals surface area contributed by atoms with Gasteiger partial charge in [0.1, 0.15) is 22.2 Å². The van der Waals surface area contributed by atoms with Crippen LogP contribution in [-0.4, -0.2) is 17.7 Å². The van der Waals surface area contributed by atoms with E-state index < -0.39 is 29.4 Å². The normalized spacial score (nSPS) is 13.2. The van der Waals surface area contributed by atoms with Gasteiger partial charge in [0.15, 0.2) is 0 Å². The van der Waals surface area contributed by atoms with Crippen LogP contribution in [0.2, 0.25) is 0 Å². The number of carbonyl (C=O) groups excluding carboxylic acids is 3. The fourth-order valence-electron chi connectivity index (χ4n) is 3.85. The van der Waals surface area contributed by atoms with Gasteiger partial charge in [-0.15, -0.1) is 0 Å². The number of aryl methyl sites for hydroxylation is 1. The average Bonchev–Trinajstić information content (AvgIpc) is 3.15. The molecule has 6 nitrogen and oxygen atoms in total. The summed E-state index contributed by atoms with van der Waals surface area (Å²) < 4.78 is 26.6. The van der Waals surface area contributed by atoms with Gasteiger partial charge in [0.2, 0.25) is 0 Å². The summed E-state index contributed by atoms with van der Waals surface area (Å²) in [4.78, 5) is 41.3. The first-order valence-electron chi connectivity index (χ1n) is 11.9. The van der Waals surface area contributed by atoms with Gasteiger partial charge < -0.3 is 10.6 Å². The van der Waals surface area contributed by atoms with E-state index in [4.69, 9.17) is 0 Å². The second kappa shape index (κ2) is 10.9. The van der Waals surface area contributed by atoms with E-state index in [0.717, 1.165) is 22.2 Å². The summed E-state index contributed by atoms with van der Waals surface area (Å²) in [5.41, 5.74) is 2.76. The third kappa shape index (κ3) is 5.73. The van der Waals surface area contributed by atoms with E-state index in [1.165, 1.54) is 48.5 Å². The van der Waals surface area contributed by atoms with E-state index in [1.54, 1.807) is 36.4 Å². The second-order valence-electron chi connectivity index (χ2n) is 8.70. The molecule has 39 heavy (non-hydrogen) atoms. The lowest BCUT2D eigenvalue weighted by Gasteiger charge is -2.15. The number of thioether (sulfide) groups is 1. The topological polar surface area (TPSA) is 78.5 Å². The molecule has 1 aliphatic heterocycles. The van der Waals surface area contributed by atoms with Gasteiger partial charge in [-0.3, -0.25) is 14.4 Å². The zero-order valence-electron chi connectivity index (χ0n) is 20.6. The summed E-state index contributed by atoms with van der Waals surface area (Å²) >= 11 is 1.10. The maximum absolute atomic E-state index is 13.5. The molecule has 194 valence electrons. The minimum Gasteiger partial charge on any atom is -0.350 e. The van der Waals surface area contributed by atoms with Crippen molar-refractivity contribution in [2.45, 2.75) is 11.8 Å². The van der Waals surface area contributed by atoms with Crippen molar-refractivity contribution in [3.05, 3.63) is 130 Å². The molecule has 5 rings (SSSR count). The Kier molecular flexibility index (Phi) is 7.25. The molecule has 0 unspecified atom stereocenters. The van der Waals surface area contributed by atoms with Gasteiger partial charge in [0.25, 0.3) is 17.7 Å². The lowest BCUT2D eigenvalue weighted by atomic mass is 10.2. The SMILES string of the molecule is Cc1ccc(N2C(=O)C(Nc3ccc(F)cc3)=C(Sc3ccc(NC(=O)c4ccc(F)cc4)cc3)C2=O)cc1. The van der Waals surface area contributed by atoms with E-state index in [9.17, 15) is 23.2 Å². The van der Waals surface area contributed by atoms with Gasteiger partial charge >= 0.3 is 0 Å². The average molecular weight is 542 g/mol. The van der Waals surface area contributed by atoms with Crippen molar-refractivity contribution < 1.29 is 23.2 Å². The second-order valence-corrected chi connectivity index (χ2v) is 9.79. The summed E-state index contributed by atoms with van der Waals surface area (Å²) in [6.07, 6.45) is 0. The van der Waals surface area contributed by atoms with Crippen molar-refractivity contribution in [3.8, 4) is 0 Å². The molecular formula is C30H21F2N3O3S. The van der Waals surface area contributed by atoms with E-state index >= 15 is 0 Å². The van der Waals surface area contributed by atoms with Gasteiger partial charge in [0, 0.05) is 21.8 Å². The molecule has 0 aromatic heterocycles. The summed E-state index contributed by atoms with van der Waals surface area (Å²) in [5, 5.41) is 5.72. The van der Waals surface area contributed by atoms with Crippen LogP contribution in [0.15, 0.2) is 113 Å². The van der Waals surface area contributed by atoms with Crippen molar-refractivity contribution in [2.75, 3.05) is 15.5 Å². The Morgan fingerprint density at radius 3 is 1.90 bits per heavy atom. The van der Waals surface area contributed by atoms with Crippen LogP contribution in [0.5, 0.6) is 0 Å². The Morgan fingerprint density at radius 1 is 0.718 bits per heavy atom. The van der Waals surface area contributed by atoms with E-state index in [1.807, 2.05) is 19.1 Å². The number of benzene rings is 4. The number of hydrogen-bond donors (Lipinski definition) is 2. The molecule has 0 fully saturated rings.